The maximum atomic E-state index is 10.5. The van der Waals surface area contributed by atoms with E-state index in [1.807, 2.05) is 0 Å². The molecule has 0 amide bonds. The van der Waals surface area contributed by atoms with Gasteiger partial charge in [-0.25, -0.2) is 0 Å². The minimum absolute atomic E-state index is 0.336. The van der Waals surface area contributed by atoms with E-state index in [1.54, 1.807) is 6.92 Å². The van der Waals surface area contributed by atoms with Crippen LogP contribution in [0, 0.1) is 0 Å². The molecule has 0 rings (SSSR count). The van der Waals surface area contributed by atoms with E-state index in [-0.39, 0.29) is 5.97 Å². The van der Waals surface area contributed by atoms with Crippen LogP contribution in [0.5, 0.6) is 0 Å². The Hall–Kier alpha value is -0.610. The Labute approximate surface area is 54.1 Å². The fourth-order valence-electron chi connectivity index (χ4n) is 0.402. The van der Waals surface area contributed by atoms with Crippen molar-refractivity contribution in [2.45, 2.75) is 13.0 Å². The second kappa shape index (κ2) is 4.29. The molecule has 1 atom stereocenters. The summed E-state index contributed by atoms with van der Waals surface area (Å²) in [4.78, 5) is 15.0. The number of methoxy groups -OCH3 is 1. The lowest BCUT2D eigenvalue weighted by molar-refractivity contribution is -0.146. The molecule has 0 fully saturated rings. The van der Waals surface area contributed by atoms with E-state index < -0.39 is 6.04 Å². The van der Waals surface area contributed by atoms with Gasteiger partial charge >= 0.3 is 5.97 Å². The van der Waals surface area contributed by atoms with Crippen LogP contribution in [0.3, 0.4) is 0 Å². The molecule has 0 aliphatic carbocycles. The maximum absolute atomic E-state index is 10.5. The van der Waals surface area contributed by atoms with Crippen molar-refractivity contribution in [3.05, 3.63) is 0 Å². The van der Waals surface area contributed by atoms with Gasteiger partial charge < -0.3 is 9.57 Å². The van der Waals surface area contributed by atoms with Crippen molar-refractivity contribution in [3.8, 4) is 0 Å². The molecule has 0 saturated heterocycles. The summed E-state index contributed by atoms with van der Waals surface area (Å²) in [6.45, 7) is 1.65. The van der Waals surface area contributed by atoms with Crippen molar-refractivity contribution in [1.29, 1.82) is 0 Å². The molecule has 0 aromatic carbocycles. The zero-order chi connectivity index (χ0) is 7.28. The van der Waals surface area contributed by atoms with E-state index >= 15 is 0 Å². The van der Waals surface area contributed by atoms with E-state index in [0.29, 0.717) is 0 Å². The number of carbonyl (C=O) groups excluding carboxylic acids is 1. The summed E-state index contributed by atoms with van der Waals surface area (Å²) < 4.78 is 4.38. The molecule has 4 heteroatoms. The number of ether oxygens (including phenoxy) is 1. The first-order chi connectivity index (χ1) is 4.22. The third-order valence-electron chi connectivity index (χ3n) is 0.849. The van der Waals surface area contributed by atoms with Gasteiger partial charge in [0.2, 0.25) is 0 Å². The Morgan fingerprint density at radius 2 is 2.11 bits per heavy atom. The Morgan fingerprint density at radius 1 is 1.56 bits per heavy atom. The molecule has 9 heavy (non-hydrogen) atoms. The molecule has 1 N–H and O–H groups in total. The third kappa shape index (κ3) is 3.05. The zero-order valence-electron chi connectivity index (χ0n) is 5.80. The second-order valence-electron chi connectivity index (χ2n) is 1.57. The van der Waals surface area contributed by atoms with Crippen LogP contribution in [0.15, 0.2) is 0 Å². The van der Waals surface area contributed by atoms with Crippen molar-refractivity contribution < 1.29 is 14.4 Å². The van der Waals surface area contributed by atoms with Crippen LogP contribution >= 0.6 is 0 Å². The van der Waals surface area contributed by atoms with Crippen LogP contribution in [-0.2, 0) is 14.4 Å². The molecule has 0 heterocycles. The molecule has 0 aliphatic rings. The fourth-order valence-corrected chi connectivity index (χ4v) is 0.402. The highest BCUT2D eigenvalue weighted by Crippen LogP contribution is 1.83. The largest absolute Gasteiger partial charge is 0.468 e. The van der Waals surface area contributed by atoms with E-state index in [2.05, 4.69) is 15.1 Å². The van der Waals surface area contributed by atoms with E-state index in [4.69, 9.17) is 0 Å². The summed E-state index contributed by atoms with van der Waals surface area (Å²) >= 11 is 0. The first-order valence-electron chi connectivity index (χ1n) is 2.58. The summed E-state index contributed by atoms with van der Waals surface area (Å²) in [5.74, 6) is -0.336. The summed E-state index contributed by atoms with van der Waals surface area (Å²) in [7, 11) is 2.77. The molecular formula is C5H11NO3. The molecule has 0 unspecified atom stereocenters. The van der Waals surface area contributed by atoms with Crippen LogP contribution < -0.4 is 5.48 Å². The number of carbonyl (C=O) groups is 1. The summed E-state index contributed by atoms with van der Waals surface area (Å²) in [5, 5.41) is 0. The van der Waals surface area contributed by atoms with Crippen LogP contribution in [0.2, 0.25) is 0 Å². The van der Waals surface area contributed by atoms with Crippen molar-refractivity contribution in [1.82, 2.24) is 5.48 Å². The molecule has 0 radical (unpaired) electrons. The number of hydroxylamine groups is 1. The van der Waals surface area contributed by atoms with Gasteiger partial charge in [-0.15, -0.1) is 0 Å². The van der Waals surface area contributed by atoms with Gasteiger partial charge in [-0.3, -0.25) is 4.79 Å². The number of hydrogen-bond acceptors (Lipinski definition) is 4. The lowest BCUT2D eigenvalue weighted by Gasteiger charge is -2.07. The van der Waals surface area contributed by atoms with Crippen molar-refractivity contribution >= 4 is 5.97 Å². The van der Waals surface area contributed by atoms with Crippen LogP contribution in [0.1, 0.15) is 6.92 Å². The highest BCUT2D eigenvalue weighted by molar-refractivity contribution is 5.74. The average Bonchev–Trinajstić information content (AvgIpc) is 1.87. The topological polar surface area (TPSA) is 47.6 Å². The number of esters is 1. The van der Waals surface area contributed by atoms with Gasteiger partial charge in [0.05, 0.1) is 14.2 Å². The van der Waals surface area contributed by atoms with E-state index in [9.17, 15) is 4.79 Å². The van der Waals surface area contributed by atoms with Crippen molar-refractivity contribution in [2.75, 3.05) is 14.2 Å². The zero-order valence-corrected chi connectivity index (χ0v) is 5.80. The predicted molar refractivity (Wildman–Crippen MR) is 31.6 cm³/mol. The average molecular weight is 133 g/mol. The van der Waals surface area contributed by atoms with Gasteiger partial charge in [-0.2, -0.15) is 5.48 Å². The quantitative estimate of drug-likeness (QED) is 0.424. The predicted octanol–water partition coefficient (Wildman–Crippen LogP) is -0.301. The minimum Gasteiger partial charge on any atom is -0.468 e. The summed E-state index contributed by atoms with van der Waals surface area (Å²) in [5.41, 5.74) is 2.42. The number of rotatable bonds is 3. The van der Waals surface area contributed by atoms with Crippen LogP contribution in [-0.4, -0.2) is 26.2 Å². The maximum Gasteiger partial charge on any atom is 0.324 e. The Kier molecular flexibility index (Phi) is 4.00. The normalized spacial score (nSPS) is 12.8. The van der Waals surface area contributed by atoms with Crippen LogP contribution in [0.4, 0.5) is 0 Å². The molecule has 0 aromatic heterocycles. The van der Waals surface area contributed by atoms with Gasteiger partial charge in [0.1, 0.15) is 6.04 Å². The van der Waals surface area contributed by atoms with Crippen molar-refractivity contribution in [3.63, 3.8) is 0 Å². The molecule has 0 saturated carbocycles. The van der Waals surface area contributed by atoms with Crippen molar-refractivity contribution in [2.24, 2.45) is 0 Å². The molecule has 0 spiro atoms. The first-order valence-corrected chi connectivity index (χ1v) is 2.58. The van der Waals surface area contributed by atoms with Crippen LogP contribution in [0.25, 0.3) is 0 Å². The molecule has 0 aliphatic heterocycles. The standard InChI is InChI=1S/C5H11NO3/c1-4(6-9-3)5(7)8-2/h4,6H,1-3H3/t4-/m0/s1. The monoisotopic (exact) mass is 133 g/mol. The molecule has 54 valence electrons. The molecule has 0 aromatic rings. The highest BCUT2D eigenvalue weighted by atomic mass is 16.6. The Balaban J connectivity index is 3.45. The smallest absolute Gasteiger partial charge is 0.324 e. The molecule has 0 bridgehead atoms. The van der Waals surface area contributed by atoms with Gasteiger partial charge in [0, 0.05) is 0 Å². The fraction of sp³-hybridized carbons (Fsp3) is 0.800. The van der Waals surface area contributed by atoms with Gasteiger partial charge in [0.15, 0.2) is 0 Å². The molecular weight excluding hydrogens is 122 g/mol. The number of nitrogens with one attached hydrogen (secondary N) is 1. The van der Waals surface area contributed by atoms with Gasteiger partial charge in [-0.1, -0.05) is 0 Å². The third-order valence-corrected chi connectivity index (χ3v) is 0.849. The van der Waals surface area contributed by atoms with E-state index in [0.717, 1.165) is 0 Å². The SMILES string of the molecule is CON[C@@H](C)C(=O)OC. The minimum atomic E-state index is -0.403. The lowest BCUT2D eigenvalue weighted by atomic mass is 10.4. The second-order valence-corrected chi connectivity index (χ2v) is 1.57. The molecule has 4 nitrogen and oxygen atoms in total. The van der Waals surface area contributed by atoms with E-state index in [1.165, 1.54) is 14.2 Å². The van der Waals surface area contributed by atoms with Gasteiger partial charge in [0.25, 0.3) is 0 Å². The Morgan fingerprint density at radius 3 is 2.44 bits per heavy atom. The Bertz CT molecular complexity index is 94.2. The lowest BCUT2D eigenvalue weighted by Crippen LogP contribution is -2.33. The summed E-state index contributed by atoms with van der Waals surface area (Å²) in [6, 6.07) is -0.403. The summed E-state index contributed by atoms with van der Waals surface area (Å²) in [6.07, 6.45) is 0. The van der Waals surface area contributed by atoms with Gasteiger partial charge in [-0.05, 0) is 6.92 Å². The highest BCUT2D eigenvalue weighted by Gasteiger charge is 2.10. The first kappa shape index (κ1) is 8.39. The number of hydrogen-bond donors (Lipinski definition) is 1.